The molecule has 3 rings (SSSR count). The normalized spacial score (nSPS) is 11.5. The summed E-state index contributed by atoms with van der Waals surface area (Å²) in [5.74, 6) is 0. The number of aromatic nitrogens is 2. The van der Waals surface area contributed by atoms with Crippen molar-refractivity contribution in [3.8, 4) is 10.4 Å². The molecule has 3 aromatic rings. The minimum atomic E-state index is -4.45. The average Bonchev–Trinajstić information content (AvgIpc) is 3.23. The summed E-state index contributed by atoms with van der Waals surface area (Å²) in [5.41, 5.74) is 2.27. The van der Waals surface area contributed by atoms with Crippen LogP contribution in [0.3, 0.4) is 0 Å². The predicted molar refractivity (Wildman–Crippen MR) is 103 cm³/mol. The van der Waals surface area contributed by atoms with Gasteiger partial charge in [-0.05, 0) is 43.5 Å². The fourth-order valence-corrected chi connectivity index (χ4v) is 3.79. The number of nitrogens with one attached hydrogen (secondary N) is 2. The Bertz CT molecular complexity index is 964. The molecule has 2 heterocycles. The van der Waals surface area contributed by atoms with Crippen molar-refractivity contribution < 1.29 is 18.0 Å². The highest BCUT2D eigenvalue weighted by atomic mass is 32.1. The van der Waals surface area contributed by atoms with Crippen molar-refractivity contribution in [1.82, 2.24) is 15.1 Å². The largest absolute Gasteiger partial charge is 0.416 e. The molecule has 0 unspecified atom stereocenters. The van der Waals surface area contributed by atoms with E-state index in [2.05, 4.69) is 15.7 Å². The van der Waals surface area contributed by atoms with E-state index in [-0.39, 0.29) is 12.2 Å². The Morgan fingerprint density at radius 1 is 1.21 bits per heavy atom. The van der Waals surface area contributed by atoms with E-state index in [9.17, 15) is 18.0 Å². The van der Waals surface area contributed by atoms with Crippen molar-refractivity contribution in [3.63, 3.8) is 0 Å². The highest BCUT2D eigenvalue weighted by molar-refractivity contribution is 7.13. The zero-order chi connectivity index (χ0) is 20.3. The average molecular weight is 408 g/mol. The molecule has 9 heteroatoms. The number of aryl methyl sites for hydroxylation is 1. The molecule has 0 aliphatic carbocycles. The Hall–Kier alpha value is -2.81. The van der Waals surface area contributed by atoms with Gasteiger partial charge < -0.3 is 10.6 Å². The number of alkyl halides is 3. The van der Waals surface area contributed by atoms with E-state index >= 15 is 0 Å². The lowest BCUT2D eigenvalue weighted by Gasteiger charge is -2.11. The van der Waals surface area contributed by atoms with Crippen molar-refractivity contribution in [2.45, 2.75) is 26.6 Å². The molecular weight excluding hydrogens is 389 g/mol. The Balaban J connectivity index is 1.57. The van der Waals surface area contributed by atoms with Crippen molar-refractivity contribution in [1.29, 1.82) is 0 Å². The maximum absolute atomic E-state index is 12.7. The topological polar surface area (TPSA) is 59.0 Å². The van der Waals surface area contributed by atoms with Gasteiger partial charge in [-0.1, -0.05) is 12.1 Å². The van der Waals surface area contributed by atoms with Gasteiger partial charge in [0.1, 0.15) is 0 Å². The van der Waals surface area contributed by atoms with Crippen molar-refractivity contribution in [2.24, 2.45) is 0 Å². The number of carbonyl (C=O) groups excluding carboxylic acids is 1. The predicted octanol–water partition coefficient (Wildman–Crippen LogP) is 5.07. The summed E-state index contributed by atoms with van der Waals surface area (Å²) in [5, 5.41) is 11.6. The Labute approximate surface area is 164 Å². The second-order valence-corrected chi connectivity index (χ2v) is 7.15. The summed E-state index contributed by atoms with van der Waals surface area (Å²) in [6.07, 6.45) is -4.45. The lowest BCUT2D eigenvalue weighted by molar-refractivity contribution is -0.137. The molecule has 0 fully saturated rings. The van der Waals surface area contributed by atoms with Crippen LogP contribution in [-0.4, -0.2) is 22.4 Å². The molecule has 0 atom stereocenters. The zero-order valence-electron chi connectivity index (χ0n) is 15.3. The van der Waals surface area contributed by atoms with Crippen LogP contribution in [0.25, 0.3) is 10.4 Å². The number of halogens is 3. The van der Waals surface area contributed by atoms with Crippen LogP contribution in [0.1, 0.15) is 17.0 Å². The third-order valence-electron chi connectivity index (χ3n) is 4.21. The summed E-state index contributed by atoms with van der Waals surface area (Å²) in [4.78, 5) is 13.1. The van der Waals surface area contributed by atoms with Gasteiger partial charge >= 0.3 is 12.2 Å². The number of hydrogen-bond acceptors (Lipinski definition) is 3. The van der Waals surface area contributed by atoms with Crippen molar-refractivity contribution >= 4 is 23.1 Å². The molecule has 0 spiro atoms. The molecule has 148 valence electrons. The fourth-order valence-electron chi connectivity index (χ4n) is 2.92. The quantitative estimate of drug-likeness (QED) is 0.619. The minimum Gasteiger partial charge on any atom is -0.336 e. The first kappa shape index (κ1) is 19.9. The van der Waals surface area contributed by atoms with E-state index in [1.807, 2.05) is 36.0 Å². The smallest absolute Gasteiger partial charge is 0.336 e. The van der Waals surface area contributed by atoms with Crippen LogP contribution in [0.4, 0.5) is 23.7 Å². The third kappa shape index (κ3) is 4.53. The van der Waals surface area contributed by atoms with Crippen LogP contribution >= 0.6 is 11.3 Å². The number of benzene rings is 1. The maximum atomic E-state index is 12.7. The summed E-state index contributed by atoms with van der Waals surface area (Å²) < 4.78 is 40.0. The van der Waals surface area contributed by atoms with Gasteiger partial charge in [-0.15, -0.1) is 11.3 Å². The highest BCUT2D eigenvalue weighted by Gasteiger charge is 2.30. The van der Waals surface area contributed by atoms with E-state index in [0.29, 0.717) is 6.54 Å². The van der Waals surface area contributed by atoms with Gasteiger partial charge in [-0.2, -0.15) is 18.3 Å². The summed E-state index contributed by atoms with van der Waals surface area (Å²) in [6.45, 7) is 4.65. The van der Waals surface area contributed by atoms with Gasteiger partial charge in [-0.3, -0.25) is 4.68 Å². The SMILES string of the molecule is Cc1nn(CCNC(=O)Nc2cccc(C(F)(F)F)c2)c(C)c1-c1cccs1. The lowest BCUT2D eigenvalue weighted by atomic mass is 10.1. The number of urea groups is 1. The molecule has 0 radical (unpaired) electrons. The van der Waals surface area contributed by atoms with Crippen LogP contribution in [0, 0.1) is 13.8 Å². The number of nitrogens with zero attached hydrogens (tertiary/aromatic N) is 2. The van der Waals surface area contributed by atoms with Crippen LogP contribution in [0.2, 0.25) is 0 Å². The number of amides is 2. The maximum Gasteiger partial charge on any atom is 0.416 e. The van der Waals surface area contributed by atoms with Crippen LogP contribution in [0.15, 0.2) is 41.8 Å². The monoisotopic (exact) mass is 408 g/mol. The van der Waals surface area contributed by atoms with E-state index in [1.54, 1.807) is 11.3 Å². The standard InChI is InChI=1S/C19H19F3N4OS/c1-12-17(16-7-4-10-28-16)13(2)26(25-12)9-8-23-18(27)24-15-6-3-5-14(11-15)19(20,21)22/h3-7,10-11H,8-9H2,1-2H3,(H2,23,24,27). The highest BCUT2D eigenvalue weighted by Crippen LogP contribution is 2.31. The van der Waals surface area contributed by atoms with Gasteiger partial charge in [0.05, 0.1) is 17.8 Å². The first-order chi connectivity index (χ1) is 13.3. The first-order valence-electron chi connectivity index (χ1n) is 8.55. The molecule has 2 N–H and O–H groups in total. The van der Waals surface area contributed by atoms with Gasteiger partial charge in [0.25, 0.3) is 0 Å². The molecule has 2 aromatic heterocycles. The molecule has 0 saturated heterocycles. The number of rotatable bonds is 5. The van der Waals surface area contributed by atoms with Gasteiger partial charge in [-0.25, -0.2) is 4.79 Å². The molecular formula is C19H19F3N4OS. The van der Waals surface area contributed by atoms with Crippen LogP contribution in [0.5, 0.6) is 0 Å². The lowest BCUT2D eigenvalue weighted by Crippen LogP contribution is -2.32. The molecule has 2 amide bonds. The molecule has 1 aromatic carbocycles. The Morgan fingerprint density at radius 3 is 2.68 bits per heavy atom. The van der Waals surface area contributed by atoms with Crippen LogP contribution < -0.4 is 10.6 Å². The van der Waals surface area contributed by atoms with Crippen molar-refractivity contribution in [3.05, 3.63) is 58.7 Å². The molecule has 0 saturated carbocycles. The molecule has 0 bridgehead atoms. The number of hydrogen-bond donors (Lipinski definition) is 2. The second-order valence-electron chi connectivity index (χ2n) is 6.21. The molecule has 28 heavy (non-hydrogen) atoms. The summed E-state index contributed by atoms with van der Waals surface area (Å²) in [7, 11) is 0. The van der Waals surface area contributed by atoms with E-state index in [4.69, 9.17) is 0 Å². The first-order valence-corrected chi connectivity index (χ1v) is 9.43. The van der Waals surface area contributed by atoms with Crippen molar-refractivity contribution in [2.75, 3.05) is 11.9 Å². The Kier molecular flexibility index (Phi) is 5.73. The zero-order valence-corrected chi connectivity index (χ0v) is 16.1. The van der Waals surface area contributed by atoms with Gasteiger partial charge in [0.15, 0.2) is 0 Å². The molecule has 0 aliphatic rings. The summed E-state index contributed by atoms with van der Waals surface area (Å²) >= 11 is 1.64. The van der Waals surface area contributed by atoms with Gasteiger partial charge in [0, 0.05) is 28.4 Å². The third-order valence-corrected chi connectivity index (χ3v) is 5.09. The summed E-state index contributed by atoms with van der Waals surface area (Å²) in [6, 6.07) is 7.95. The second kappa shape index (κ2) is 8.05. The molecule has 5 nitrogen and oxygen atoms in total. The van der Waals surface area contributed by atoms with Gasteiger partial charge in [0.2, 0.25) is 0 Å². The molecule has 0 aliphatic heterocycles. The van der Waals surface area contributed by atoms with Crippen LogP contribution in [-0.2, 0) is 12.7 Å². The number of carbonyl (C=O) groups is 1. The number of anilines is 1. The fraction of sp³-hybridized carbons (Fsp3) is 0.263. The van der Waals surface area contributed by atoms with E-state index in [1.165, 1.54) is 12.1 Å². The number of thiophene rings is 1. The van der Waals surface area contributed by atoms with E-state index < -0.39 is 17.8 Å². The minimum absolute atomic E-state index is 0.0819. The van der Waals surface area contributed by atoms with E-state index in [0.717, 1.165) is 34.0 Å². The Morgan fingerprint density at radius 2 is 2.00 bits per heavy atom.